The van der Waals surface area contributed by atoms with Crippen LogP contribution in [0.2, 0.25) is 0 Å². The highest BCUT2D eigenvalue weighted by molar-refractivity contribution is 9.10. The van der Waals surface area contributed by atoms with Gasteiger partial charge in [-0.05, 0) is 28.1 Å². The lowest BCUT2D eigenvalue weighted by Crippen LogP contribution is -1.91. The number of nitrogens with zero attached hydrogens (tertiary/aromatic N) is 2. The molecule has 1 aromatic carbocycles. The first-order valence-electron chi connectivity index (χ1n) is 3.66. The first-order chi connectivity index (χ1) is 6.66. The third kappa shape index (κ3) is 2.18. The lowest BCUT2D eigenvalue weighted by atomic mass is 10.1. The van der Waals surface area contributed by atoms with Crippen molar-refractivity contribution in [2.24, 2.45) is 0 Å². The number of nitro groups is 1. The van der Waals surface area contributed by atoms with Gasteiger partial charge in [-0.1, -0.05) is 6.07 Å². The molecule has 0 aliphatic carbocycles. The van der Waals surface area contributed by atoms with Crippen molar-refractivity contribution in [2.45, 2.75) is 0 Å². The number of benzene rings is 1. The average Bonchev–Trinajstić information content (AvgIpc) is 2.15. The second-order valence-electron chi connectivity index (χ2n) is 2.39. The van der Waals surface area contributed by atoms with Crippen LogP contribution in [0.15, 0.2) is 28.7 Å². The van der Waals surface area contributed by atoms with Gasteiger partial charge in [0.05, 0.1) is 16.6 Å². The van der Waals surface area contributed by atoms with E-state index in [9.17, 15) is 10.1 Å². The summed E-state index contributed by atoms with van der Waals surface area (Å²) in [6, 6.07) is 6.44. The largest absolute Gasteiger partial charge is 0.277 e. The quantitative estimate of drug-likeness (QED) is 0.462. The molecule has 0 atom stereocenters. The van der Waals surface area contributed by atoms with E-state index >= 15 is 0 Å². The Kier molecular flexibility index (Phi) is 3.37. The molecule has 0 spiro atoms. The van der Waals surface area contributed by atoms with Crippen molar-refractivity contribution in [3.8, 4) is 6.07 Å². The van der Waals surface area contributed by atoms with Gasteiger partial charge in [-0.25, -0.2) is 0 Å². The third-order valence-corrected chi connectivity index (χ3v) is 2.24. The molecule has 0 unspecified atom stereocenters. The third-order valence-electron chi connectivity index (χ3n) is 1.55. The minimum Gasteiger partial charge on any atom is -0.258 e. The van der Waals surface area contributed by atoms with Crippen LogP contribution in [0.3, 0.4) is 0 Å². The smallest absolute Gasteiger partial charge is 0.258 e. The maximum atomic E-state index is 10.6. The second-order valence-corrected chi connectivity index (χ2v) is 3.25. The summed E-state index contributed by atoms with van der Waals surface area (Å²) in [5, 5.41) is 18.9. The fourth-order valence-electron chi connectivity index (χ4n) is 0.970. The Morgan fingerprint density at radius 3 is 2.86 bits per heavy atom. The van der Waals surface area contributed by atoms with Crippen molar-refractivity contribution in [3.63, 3.8) is 0 Å². The summed E-state index contributed by atoms with van der Waals surface area (Å²) >= 11 is 3.18. The Labute approximate surface area is 88.7 Å². The van der Waals surface area contributed by atoms with Crippen LogP contribution < -0.4 is 0 Å². The van der Waals surface area contributed by atoms with E-state index in [4.69, 9.17) is 5.26 Å². The predicted molar refractivity (Wildman–Crippen MR) is 55.4 cm³/mol. The van der Waals surface area contributed by atoms with E-state index in [1.165, 1.54) is 18.2 Å². The first kappa shape index (κ1) is 10.4. The van der Waals surface area contributed by atoms with E-state index < -0.39 is 4.92 Å². The molecule has 0 aliphatic heterocycles. The van der Waals surface area contributed by atoms with Gasteiger partial charge >= 0.3 is 0 Å². The van der Waals surface area contributed by atoms with Gasteiger partial charge in [0.1, 0.15) is 0 Å². The molecule has 5 heteroatoms. The highest BCUT2D eigenvalue weighted by atomic mass is 79.9. The van der Waals surface area contributed by atoms with Crippen molar-refractivity contribution >= 4 is 27.7 Å². The number of hydrogen-bond acceptors (Lipinski definition) is 3. The Balaban J connectivity index is 3.31. The van der Waals surface area contributed by atoms with Crippen molar-refractivity contribution in [3.05, 3.63) is 44.4 Å². The van der Waals surface area contributed by atoms with Gasteiger partial charge in [-0.15, -0.1) is 0 Å². The zero-order chi connectivity index (χ0) is 10.6. The van der Waals surface area contributed by atoms with Gasteiger partial charge in [0.2, 0.25) is 0 Å². The Hall–Kier alpha value is -1.67. The van der Waals surface area contributed by atoms with Crippen LogP contribution in [-0.2, 0) is 0 Å². The molecule has 0 aliphatic rings. The zero-order valence-corrected chi connectivity index (χ0v) is 8.56. The van der Waals surface area contributed by atoms with Gasteiger partial charge < -0.3 is 0 Å². The summed E-state index contributed by atoms with van der Waals surface area (Å²) in [6.45, 7) is 0. The topological polar surface area (TPSA) is 66.9 Å². The maximum Gasteiger partial charge on any atom is 0.277 e. The van der Waals surface area contributed by atoms with Gasteiger partial charge in [0.25, 0.3) is 5.69 Å². The molecule has 14 heavy (non-hydrogen) atoms. The van der Waals surface area contributed by atoms with E-state index in [-0.39, 0.29) is 5.69 Å². The summed E-state index contributed by atoms with van der Waals surface area (Å²) < 4.78 is 0.596. The number of hydrogen-bond donors (Lipinski definition) is 0. The molecule has 0 radical (unpaired) electrons. The Morgan fingerprint density at radius 1 is 1.57 bits per heavy atom. The molecule has 0 bridgehead atoms. The molecule has 70 valence electrons. The number of nitro benzene ring substituents is 1. The van der Waals surface area contributed by atoms with E-state index in [2.05, 4.69) is 15.9 Å². The molecule has 0 fully saturated rings. The van der Waals surface area contributed by atoms with E-state index in [1.807, 2.05) is 0 Å². The van der Waals surface area contributed by atoms with E-state index in [0.29, 0.717) is 10.0 Å². The molecular weight excluding hydrogens is 248 g/mol. The molecule has 1 aromatic rings. The summed E-state index contributed by atoms with van der Waals surface area (Å²) in [7, 11) is 0. The van der Waals surface area contributed by atoms with Crippen LogP contribution in [0.25, 0.3) is 6.08 Å². The normalized spacial score (nSPS) is 10.0. The predicted octanol–water partition coefficient (Wildman–Crippen LogP) is 2.89. The Bertz CT molecular complexity index is 435. The molecular formula is C9H5BrN2O2. The highest BCUT2D eigenvalue weighted by Crippen LogP contribution is 2.27. The molecule has 0 saturated carbocycles. The minimum absolute atomic E-state index is 0.0223. The lowest BCUT2D eigenvalue weighted by molar-refractivity contribution is -0.385. The fraction of sp³-hybridized carbons (Fsp3) is 0. The van der Waals surface area contributed by atoms with Gasteiger partial charge in [0, 0.05) is 16.6 Å². The molecule has 0 N–H and O–H groups in total. The van der Waals surface area contributed by atoms with Crippen LogP contribution in [-0.4, -0.2) is 4.92 Å². The van der Waals surface area contributed by atoms with Gasteiger partial charge in [0.15, 0.2) is 0 Å². The van der Waals surface area contributed by atoms with E-state index in [1.54, 1.807) is 18.2 Å². The molecule has 0 saturated heterocycles. The Morgan fingerprint density at radius 2 is 2.29 bits per heavy atom. The highest BCUT2D eigenvalue weighted by Gasteiger charge is 2.12. The minimum atomic E-state index is -0.484. The first-order valence-corrected chi connectivity index (χ1v) is 4.45. The summed E-state index contributed by atoms with van der Waals surface area (Å²) in [5.74, 6) is 0. The number of rotatable bonds is 2. The number of halogens is 1. The number of nitriles is 1. The summed E-state index contributed by atoms with van der Waals surface area (Å²) in [5.41, 5.74) is 0.380. The van der Waals surface area contributed by atoms with Crippen LogP contribution >= 0.6 is 15.9 Å². The van der Waals surface area contributed by atoms with Crippen LogP contribution in [0.1, 0.15) is 5.56 Å². The average molecular weight is 253 g/mol. The molecule has 0 amide bonds. The zero-order valence-electron chi connectivity index (χ0n) is 6.98. The monoisotopic (exact) mass is 252 g/mol. The van der Waals surface area contributed by atoms with Crippen LogP contribution in [0, 0.1) is 21.4 Å². The van der Waals surface area contributed by atoms with Crippen molar-refractivity contribution < 1.29 is 4.92 Å². The van der Waals surface area contributed by atoms with E-state index in [0.717, 1.165) is 0 Å². The molecule has 4 nitrogen and oxygen atoms in total. The maximum absolute atomic E-state index is 10.6. The SMILES string of the molecule is N#C/C=C/c1c(Br)cccc1[N+](=O)[O-]. The van der Waals surface area contributed by atoms with Crippen molar-refractivity contribution in [1.29, 1.82) is 5.26 Å². The summed E-state index contributed by atoms with van der Waals surface area (Å²) in [4.78, 5) is 10.1. The van der Waals surface area contributed by atoms with Crippen molar-refractivity contribution in [2.75, 3.05) is 0 Å². The number of allylic oxidation sites excluding steroid dienone is 1. The standard InChI is InChI=1S/C9H5BrN2O2/c10-8-4-1-5-9(12(13)14)7(8)3-2-6-11/h1-5H/b3-2+. The summed E-state index contributed by atoms with van der Waals surface area (Å²) in [6.07, 6.45) is 2.61. The molecule has 0 heterocycles. The second kappa shape index (κ2) is 4.53. The van der Waals surface area contributed by atoms with Crippen LogP contribution in [0.5, 0.6) is 0 Å². The molecule has 0 aromatic heterocycles. The van der Waals surface area contributed by atoms with Gasteiger partial charge in [-0.2, -0.15) is 5.26 Å². The molecule has 1 rings (SSSR count). The lowest BCUT2D eigenvalue weighted by Gasteiger charge is -1.98. The van der Waals surface area contributed by atoms with Crippen LogP contribution in [0.4, 0.5) is 5.69 Å². The fourth-order valence-corrected chi connectivity index (χ4v) is 1.46. The van der Waals surface area contributed by atoms with Gasteiger partial charge in [-0.3, -0.25) is 10.1 Å². The van der Waals surface area contributed by atoms with Crippen molar-refractivity contribution in [1.82, 2.24) is 0 Å².